The van der Waals surface area contributed by atoms with E-state index >= 15 is 0 Å². The van der Waals surface area contributed by atoms with E-state index in [2.05, 4.69) is 70.3 Å². The van der Waals surface area contributed by atoms with Crippen molar-refractivity contribution in [2.75, 3.05) is 37.3 Å². The first kappa shape index (κ1) is 21.8. The molecule has 4 N–H and O–H groups in total. The molecule has 1 fully saturated rings. The predicted octanol–water partition coefficient (Wildman–Crippen LogP) is 3.42. The Labute approximate surface area is 201 Å². The number of aromatic nitrogens is 2. The van der Waals surface area contributed by atoms with Crippen molar-refractivity contribution in [3.8, 4) is 0 Å². The van der Waals surface area contributed by atoms with Gasteiger partial charge >= 0.3 is 0 Å². The second-order valence-electron chi connectivity index (χ2n) is 8.28. The van der Waals surface area contributed by atoms with Gasteiger partial charge in [0.05, 0.1) is 15.7 Å². The minimum absolute atomic E-state index is 0.164. The first-order chi connectivity index (χ1) is 16.1. The van der Waals surface area contributed by atoms with Gasteiger partial charge in [0.15, 0.2) is 0 Å². The van der Waals surface area contributed by atoms with Gasteiger partial charge in [-0.05, 0) is 57.7 Å². The van der Waals surface area contributed by atoms with Crippen LogP contribution in [0.4, 0.5) is 23.1 Å². The molecule has 33 heavy (non-hydrogen) atoms. The molecule has 8 nitrogen and oxygen atoms in total. The highest BCUT2D eigenvalue weighted by Crippen LogP contribution is 2.29. The molecule has 0 unspecified atom stereocenters. The first-order valence-corrected chi connectivity index (χ1v) is 11.8. The molecular formula is C24H26BrN7O. The van der Waals surface area contributed by atoms with Crippen molar-refractivity contribution in [2.24, 2.45) is 0 Å². The van der Waals surface area contributed by atoms with Crippen LogP contribution in [0.25, 0.3) is 0 Å². The van der Waals surface area contributed by atoms with Gasteiger partial charge in [-0.1, -0.05) is 18.2 Å². The van der Waals surface area contributed by atoms with E-state index in [-0.39, 0.29) is 5.91 Å². The molecule has 1 saturated heterocycles. The third kappa shape index (κ3) is 4.71. The summed E-state index contributed by atoms with van der Waals surface area (Å²) in [6, 6.07) is 14.5. The molecule has 3 heterocycles. The lowest BCUT2D eigenvalue weighted by atomic mass is 9.96. The van der Waals surface area contributed by atoms with Crippen molar-refractivity contribution >= 4 is 45.0 Å². The average molecular weight is 508 g/mol. The van der Waals surface area contributed by atoms with Crippen LogP contribution in [0.1, 0.15) is 21.5 Å². The molecule has 1 aromatic heterocycles. The van der Waals surface area contributed by atoms with E-state index in [1.807, 2.05) is 18.2 Å². The lowest BCUT2D eigenvalue weighted by Gasteiger charge is -2.41. The maximum atomic E-state index is 12.2. The van der Waals surface area contributed by atoms with Crippen LogP contribution < -0.4 is 21.3 Å². The Morgan fingerprint density at radius 1 is 1.15 bits per heavy atom. The molecule has 0 saturated carbocycles. The molecule has 0 atom stereocenters. The van der Waals surface area contributed by atoms with Crippen molar-refractivity contribution in [1.82, 2.24) is 25.5 Å². The highest BCUT2D eigenvalue weighted by molar-refractivity contribution is 9.10. The van der Waals surface area contributed by atoms with Gasteiger partial charge in [-0.3, -0.25) is 9.69 Å². The Kier molecular flexibility index (Phi) is 6.26. The van der Waals surface area contributed by atoms with Gasteiger partial charge in [-0.25, -0.2) is 4.98 Å². The molecule has 0 aliphatic carbocycles. The van der Waals surface area contributed by atoms with Crippen LogP contribution in [-0.2, 0) is 13.0 Å². The van der Waals surface area contributed by atoms with Gasteiger partial charge in [0, 0.05) is 51.2 Å². The second-order valence-corrected chi connectivity index (χ2v) is 9.14. The third-order valence-corrected chi connectivity index (χ3v) is 6.76. The fourth-order valence-electron chi connectivity index (χ4n) is 4.20. The van der Waals surface area contributed by atoms with Crippen LogP contribution in [0.2, 0.25) is 0 Å². The van der Waals surface area contributed by atoms with E-state index in [0.29, 0.717) is 33.5 Å². The van der Waals surface area contributed by atoms with E-state index in [1.54, 1.807) is 19.3 Å². The van der Waals surface area contributed by atoms with Crippen LogP contribution >= 0.6 is 15.9 Å². The van der Waals surface area contributed by atoms with Crippen molar-refractivity contribution in [3.63, 3.8) is 0 Å². The standard InChI is InChI=1S/C24H26BrN7O/c1-26-23(33)19-4-2-3-5-21(19)30-22-20(25)13-28-24(31-22)29-17-7-6-15-8-9-32(14-16(15)10-17)18-11-27-12-18/h2-7,10,13,18,27H,8-9,11-12,14H2,1H3,(H,26,33)(H2,28,29,30,31). The number of nitrogens with one attached hydrogen (secondary N) is 4. The molecule has 0 radical (unpaired) electrons. The van der Waals surface area contributed by atoms with Crippen LogP contribution in [0.3, 0.4) is 0 Å². The van der Waals surface area contributed by atoms with Gasteiger partial charge in [-0.2, -0.15) is 4.98 Å². The monoisotopic (exact) mass is 507 g/mol. The molecular weight excluding hydrogens is 482 g/mol. The van der Waals surface area contributed by atoms with Crippen LogP contribution in [0.15, 0.2) is 53.1 Å². The smallest absolute Gasteiger partial charge is 0.253 e. The number of hydrogen-bond acceptors (Lipinski definition) is 7. The zero-order valence-electron chi connectivity index (χ0n) is 18.4. The van der Waals surface area contributed by atoms with E-state index in [1.165, 1.54) is 11.1 Å². The number of benzene rings is 2. The van der Waals surface area contributed by atoms with Gasteiger partial charge in [0.1, 0.15) is 5.82 Å². The Hall–Kier alpha value is -3.01. The maximum absolute atomic E-state index is 12.2. The number of nitrogens with zero attached hydrogens (tertiary/aromatic N) is 3. The molecule has 2 aliphatic rings. The number of rotatable bonds is 6. The molecule has 0 bridgehead atoms. The summed E-state index contributed by atoms with van der Waals surface area (Å²) in [5, 5.41) is 12.6. The molecule has 3 aromatic rings. The quantitative estimate of drug-likeness (QED) is 0.406. The van der Waals surface area contributed by atoms with Crippen LogP contribution in [0, 0.1) is 0 Å². The van der Waals surface area contributed by atoms with E-state index < -0.39 is 0 Å². The molecule has 2 aliphatic heterocycles. The molecule has 1 amide bonds. The highest BCUT2D eigenvalue weighted by Gasteiger charge is 2.27. The van der Waals surface area contributed by atoms with E-state index in [0.717, 1.165) is 38.3 Å². The fourth-order valence-corrected chi connectivity index (χ4v) is 4.49. The molecule has 0 spiro atoms. The summed E-state index contributed by atoms with van der Waals surface area (Å²) >= 11 is 3.51. The van der Waals surface area contributed by atoms with E-state index in [4.69, 9.17) is 0 Å². The van der Waals surface area contributed by atoms with Gasteiger partial charge in [-0.15, -0.1) is 0 Å². The largest absolute Gasteiger partial charge is 0.355 e. The number of anilines is 4. The third-order valence-electron chi connectivity index (χ3n) is 6.18. The molecule has 5 rings (SSSR count). The molecule has 9 heteroatoms. The number of fused-ring (bicyclic) bond motifs is 1. The maximum Gasteiger partial charge on any atom is 0.253 e. The zero-order chi connectivity index (χ0) is 22.8. The number of amides is 1. The number of halogens is 1. The Bertz CT molecular complexity index is 1180. The summed E-state index contributed by atoms with van der Waals surface area (Å²) in [7, 11) is 1.61. The lowest BCUT2D eigenvalue weighted by Crippen LogP contribution is -2.57. The predicted molar refractivity (Wildman–Crippen MR) is 133 cm³/mol. The summed E-state index contributed by atoms with van der Waals surface area (Å²) in [6.45, 7) is 4.26. The lowest BCUT2D eigenvalue weighted by molar-refractivity contribution is 0.0964. The minimum atomic E-state index is -0.164. The Morgan fingerprint density at radius 2 is 2.00 bits per heavy atom. The SMILES string of the molecule is CNC(=O)c1ccccc1Nc1nc(Nc2ccc3c(c2)CN(C2CNC2)CC3)ncc1Br. The summed E-state index contributed by atoms with van der Waals surface area (Å²) in [6.07, 6.45) is 2.78. The van der Waals surface area contributed by atoms with Gasteiger partial charge < -0.3 is 21.3 Å². The first-order valence-electron chi connectivity index (χ1n) is 11.0. The van der Waals surface area contributed by atoms with Crippen molar-refractivity contribution < 1.29 is 4.79 Å². The van der Waals surface area contributed by atoms with Crippen molar-refractivity contribution in [2.45, 2.75) is 19.0 Å². The topological polar surface area (TPSA) is 94.2 Å². The molecule has 170 valence electrons. The summed E-state index contributed by atoms with van der Waals surface area (Å²) < 4.78 is 0.704. The highest BCUT2D eigenvalue weighted by atomic mass is 79.9. The van der Waals surface area contributed by atoms with Crippen molar-refractivity contribution in [3.05, 3.63) is 69.8 Å². The number of hydrogen-bond donors (Lipinski definition) is 4. The second kappa shape index (κ2) is 9.46. The summed E-state index contributed by atoms with van der Waals surface area (Å²) in [5.41, 5.74) is 4.94. The summed E-state index contributed by atoms with van der Waals surface area (Å²) in [4.78, 5) is 23.8. The fraction of sp³-hybridized carbons (Fsp3) is 0.292. The van der Waals surface area contributed by atoms with Crippen LogP contribution in [-0.4, -0.2) is 53.5 Å². The minimum Gasteiger partial charge on any atom is -0.355 e. The Balaban J connectivity index is 1.35. The van der Waals surface area contributed by atoms with Gasteiger partial charge in [0.2, 0.25) is 5.95 Å². The average Bonchev–Trinajstić information content (AvgIpc) is 2.80. The zero-order valence-corrected chi connectivity index (χ0v) is 19.9. The Morgan fingerprint density at radius 3 is 2.79 bits per heavy atom. The summed E-state index contributed by atoms with van der Waals surface area (Å²) in [5.74, 6) is 0.891. The normalized spacial score (nSPS) is 15.9. The molecule has 2 aromatic carbocycles. The van der Waals surface area contributed by atoms with Gasteiger partial charge in [0.25, 0.3) is 5.91 Å². The number of para-hydroxylation sites is 1. The number of carbonyl (C=O) groups is 1. The van der Waals surface area contributed by atoms with Crippen LogP contribution in [0.5, 0.6) is 0 Å². The number of carbonyl (C=O) groups excluding carboxylic acids is 1. The van der Waals surface area contributed by atoms with E-state index in [9.17, 15) is 4.79 Å². The van der Waals surface area contributed by atoms with Crippen molar-refractivity contribution in [1.29, 1.82) is 0 Å².